The Morgan fingerprint density at radius 2 is 2.08 bits per heavy atom. The van der Waals surface area contributed by atoms with Crippen molar-refractivity contribution in [2.75, 3.05) is 19.6 Å². The molecule has 1 spiro atoms. The Morgan fingerprint density at radius 3 is 2.88 bits per heavy atom. The highest BCUT2D eigenvalue weighted by Crippen LogP contribution is 2.55. The van der Waals surface area contributed by atoms with Crippen molar-refractivity contribution in [2.45, 2.75) is 56.3 Å². The van der Waals surface area contributed by atoms with Gasteiger partial charge < -0.3 is 10.1 Å². The number of likely N-dealkylation sites (tertiary alicyclic amines) is 1. The van der Waals surface area contributed by atoms with Gasteiger partial charge in [0.1, 0.15) is 0 Å². The van der Waals surface area contributed by atoms with E-state index in [1.165, 1.54) is 32.1 Å². The third kappa shape index (κ3) is 2.69. The predicted molar refractivity (Wildman–Crippen MR) is 101 cm³/mol. The summed E-state index contributed by atoms with van der Waals surface area (Å²) in [5.74, 6) is 0.924. The van der Waals surface area contributed by atoms with Crippen molar-refractivity contribution in [2.24, 2.45) is 11.8 Å². The lowest BCUT2D eigenvalue weighted by molar-refractivity contribution is -0.000874. The van der Waals surface area contributed by atoms with E-state index in [4.69, 9.17) is 16.3 Å². The molecule has 3 saturated heterocycles. The number of hydrogen-bond donors (Lipinski definition) is 1. The van der Waals surface area contributed by atoms with E-state index >= 15 is 0 Å². The molecule has 26 heavy (non-hydrogen) atoms. The maximum atomic E-state index is 12.5. The first-order valence-corrected chi connectivity index (χ1v) is 10.5. The number of rotatable bonds is 4. The number of nitrogens with zero attached hydrogens (tertiary/aromatic N) is 1. The Kier molecular flexibility index (Phi) is 4.26. The van der Waals surface area contributed by atoms with Gasteiger partial charge in [0.2, 0.25) is 0 Å². The molecular weight excluding hydrogens is 348 g/mol. The molecule has 2 bridgehead atoms. The van der Waals surface area contributed by atoms with E-state index in [0.717, 1.165) is 25.6 Å². The summed E-state index contributed by atoms with van der Waals surface area (Å²) in [6, 6.07) is 8.02. The number of nitrogens with one attached hydrogen (secondary N) is 1. The molecule has 5 heteroatoms. The number of halogens is 1. The molecule has 0 aromatic heterocycles. The van der Waals surface area contributed by atoms with Gasteiger partial charge >= 0.3 is 0 Å². The summed E-state index contributed by atoms with van der Waals surface area (Å²) >= 11 is 6.17. The Hall–Kier alpha value is -1.10. The van der Waals surface area contributed by atoms with Crippen LogP contribution in [0.5, 0.6) is 0 Å². The number of fused-ring (bicyclic) bond motifs is 1. The number of benzene rings is 1. The molecule has 0 unspecified atom stereocenters. The van der Waals surface area contributed by atoms with E-state index in [9.17, 15) is 4.79 Å². The van der Waals surface area contributed by atoms with Crippen molar-refractivity contribution in [3.05, 3.63) is 34.9 Å². The number of carbonyl (C=O) groups excluding carboxylic acids is 1. The van der Waals surface area contributed by atoms with Gasteiger partial charge in [0.05, 0.1) is 22.3 Å². The summed E-state index contributed by atoms with van der Waals surface area (Å²) in [7, 11) is 0. The average molecular weight is 375 g/mol. The molecule has 1 N–H and O–H groups in total. The van der Waals surface area contributed by atoms with Gasteiger partial charge in [-0.1, -0.05) is 36.6 Å². The molecule has 0 radical (unpaired) electrons. The summed E-state index contributed by atoms with van der Waals surface area (Å²) < 4.78 is 6.53. The van der Waals surface area contributed by atoms with Crippen molar-refractivity contribution in [1.29, 1.82) is 0 Å². The summed E-state index contributed by atoms with van der Waals surface area (Å²) in [6.07, 6.45) is 8.10. The van der Waals surface area contributed by atoms with Gasteiger partial charge in [-0.3, -0.25) is 9.69 Å². The van der Waals surface area contributed by atoms with E-state index in [1.807, 2.05) is 12.1 Å². The maximum absolute atomic E-state index is 12.5. The predicted octanol–water partition coefficient (Wildman–Crippen LogP) is 3.49. The molecule has 140 valence electrons. The molecule has 5 rings (SSSR count). The van der Waals surface area contributed by atoms with Crippen molar-refractivity contribution >= 4 is 17.5 Å². The van der Waals surface area contributed by atoms with Crippen LogP contribution in [-0.4, -0.2) is 48.2 Å². The average Bonchev–Trinajstić information content (AvgIpc) is 3.39. The molecule has 1 aromatic rings. The normalized spacial score (nSPS) is 36.6. The second-order valence-electron chi connectivity index (χ2n) is 8.59. The molecular formula is C21H27ClN2O2. The number of amides is 1. The van der Waals surface area contributed by atoms with Crippen LogP contribution in [0.1, 0.15) is 48.9 Å². The van der Waals surface area contributed by atoms with Crippen LogP contribution in [0.4, 0.5) is 0 Å². The van der Waals surface area contributed by atoms with Crippen LogP contribution in [0.3, 0.4) is 0 Å². The third-order valence-electron chi connectivity index (χ3n) is 7.27. The lowest BCUT2D eigenvalue weighted by Gasteiger charge is -2.29. The summed E-state index contributed by atoms with van der Waals surface area (Å²) in [5.41, 5.74) is 0.625. The fraction of sp³-hybridized carbons (Fsp3) is 0.667. The van der Waals surface area contributed by atoms with E-state index in [0.29, 0.717) is 35.1 Å². The Morgan fingerprint density at radius 1 is 1.27 bits per heavy atom. The van der Waals surface area contributed by atoms with Crippen LogP contribution in [-0.2, 0) is 4.74 Å². The van der Waals surface area contributed by atoms with E-state index in [-0.39, 0.29) is 11.5 Å². The number of hydrogen-bond acceptors (Lipinski definition) is 3. The highest BCUT2D eigenvalue weighted by Gasteiger charge is 2.63. The van der Waals surface area contributed by atoms with E-state index < -0.39 is 0 Å². The SMILES string of the molecule is O=C(NC[C@H]1[C@H]2CN(C3CCCC3)C[C@]23CC[C@H]1O3)c1ccccc1Cl. The van der Waals surface area contributed by atoms with Gasteiger partial charge in [-0.2, -0.15) is 0 Å². The monoisotopic (exact) mass is 374 g/mol. The molecule has 1 aromatic carbocycles. The largest absolute Gasteiger partial charge is 0.370 e. The first-order chi connectivity index (χ1) is 12.7. The zero-order valence-corrected chi connectivity index (χ0v) is 15.9. The number of ether oxygens (including phenoxy) is 1. The molecule has 4 atom stereocenters. The maximum Gasteiger partial charge on any atom is 0.252 e. The molecule has 1 aliphatic carbocycles. The van der Waals surface area contributed by atoms with Crippen LogP contribution in [0, 0.1) is 11.8 Å². The van der Waals surface area contributed by atoms with Crippen molar-refractivity contribution in [3.8, 4) is 0 Å². The topological polar surface area (TPSA) is 41.6 Å². The lowest BCUT2D eigenvalue weighted by Crippen LogP contribution is -2.41. The van der Waals surface area contributed by atoms with Gasteiger partial charge in [-0.05, 0) is 37.8 Å². The van der Waals surface area contributed by atoms with Gasteiger partial charge in [-0.15, -0.1) is 0 Å². The van der Waals surface area contributed by atoms with Gasteiger partial charge in [-0.25, -0.2) is 0 Å². The van der Waals surface area contributed by atoms with Crippen LogP contribution in [0.15, 0.2) is 24.3 Å². The molecule has 1 amide bonds. The molecule has 1 saturated carbocycles. The van der Waals surface area contributed by atoms with Gasteiger partial charge in [0.15, 0.2) is 0 Å². The van der Waals surface area contributed by atoms with E-state index in [2.05, 4.69) is 10.2 Å². The Labute approximate surface area is 160 Å². The Bertz CT molecular complexity index is 705. The number of carbonyl (C=O) groups is 1. The van der Waals surface area contributed by atoms with Crippen molar-refractivity contribution < 1.29 is 9.53 Å². The molecule has 3 aliphatic heterocycles. The highest BCUT2D eigenvalue weighted by atomic mass is 35.5. The minimum Gasteiger partial charge on any atom is -0.370 e. The molecule has 3 heterocycles. The second kappa shape index (κ2) is 6.50. The lowest BCUT2D eigenvalue weighted by atomic mass is 9.73. The molecule has 4 aliphatic rings. The van der Waals surface area contributed by atoms with Gasteiger partial charge in [0, 0.05) is 37.5 Å². The van der Waals surface area contributed by atoms with Crippen LogP contribution < -0.4 is 5.32 Å². The van der Waals surface area contributed by atoms with Crippen LogP contribution in [0.2, 0.25) is 5.02 Å². The van der Waals surface area contributed by atoms with Gasteiger partial charge in [0.25, 0.3) is 5.91 Å². The summed E-state index contributed by atoms with van der Waals surface area (Å²) in [4.78, 5) is 15.2. The quantitative estimate of drug-likeness (QED) is 0.877. The minimum absolute atomic E-state index is 0.0625. The fourth-order valence-electron chi connectivity index (χ4n) is 6.00. The molecule has 4 nitrogen and oxygen atoms in total. The first-order valence-electron chi connectivity index (χ1n) is 10.1. The first kappa shape index (κ1) is 17.0. The zero-order chi connectivity index (χ0) is 17.7. The van der Waals surface area contributed by atoms with Crippen LogP contribution in [0.25, 0.3) is 0 Å². The third-order valence-corrected chi connectivity index (χ3v) is 7.60. The fourth-order valence-corrected chi connectivity index (χ4v) is 6.22. The van der Waals surface area contributed by atoms with E-state index in [1.54, 1.807) is 12.1 Å². The summed E-state index contributed by atoms with van der Waals surface area (Å²) in [6.45, 7) is 2.95. The van der Waals surface area contributed by atoms with Crippen molar-refractivity contribution in [3.63, 3.8) is 0 Å². The van der Waals surface area contributed by atoms with Crippen molar-refractivity contribution in [1.82, 2.24) is 10.2 Å². The molecule has 4 fully saturated rings. The Balaban J connectivity index is 1.27. The van der Waals surface area contributed by atoms with Crippen LogP contribution >= 0.6 is 11.6 Å². The standard InChI is InChI=1S/C21H27ClN2O2/c22-18-8-4-3-7-15(18)20(25)23-11-16-17-12-24(14-5-1-2-6-14)13-21(17)10-9-19(16)26-21/h3-4,7-8,14,16-17,19H,1-2,5-6,9-13H2,(H,23,25)/t16-,17+,19+,21+/m0/s1. The zero-order valence-electron chi connectivity index (χ0n) is 15.1. The summed E-state index contributed by atoms with van der Waals surface area (Å²) in [5, 5.41) is 3.65. The highest BCUT2D eigenvalue weighted by molar-refractivity contribution is 6.33. The minimum atomic E-state index is -0.0712. The smallest absolute Gasteiger partial charge is 0.252 e. The second-order valence-corrected chi connectivity index (χ2v) is 8.99.